The number of benzene rings is 4. The van der Waals surface area contributed by atoms with Gasteiger partial charge in [0.15, 0.2) is 0 Å². The highest BCUT2D eigenvalue weighted by Gasteiger charge is 2.49. The Hall–Kier alpha value is -7.29. The Morgan fingerprint density at radius 1 is 0.618 bits per heavy atom. The number of aromatic nitrogens is 4. The molecule has 76 heavy (non-hydrogen) atoms. The predicted octanol–water partition coefficient (Wildman–Crippen LogP) is 9.33. The molecular formula is C61H77FN8O6. The average Bonchev–Trinajstić information content (AvgIpc) is 4.16. The van der Waals surface area contributed by atoms with E-state index in [2.05, 4.69) is 75.6 Å². The van der Waals surface area contributed by atoms with Gasteiger partial charge in [0.25, 0.3) is 0 Å². The molecule has 0 saturated carbocycles. The van der Waals surface area contributed by atoms with Crippen LogP contribution in [0.25, 0.3) is 0 Å². The van der Waals surface area contributed by atoms with Gasteiger partial charge in [-0.1, -0.05) is 113 Å². The Morgan fingerprint density at radius 2 is 1.07 bits per heavy atom. The fourth-order valence-electron chi connectivity index (χ4n) is 10.7. The van der Waals surface area contributed by atoms with E-state index < -0.39 is 12.1 Å². The van der Waals surface area contributed by atoms with Crippen LogP contribution >= 0.6 is 0 Å². The smallest absolute Gasteiger partial charge is 0.245 e. The number of aromatic amines is 2. The van der Waals surface area contributed by atoms with Crippen LogP contribution < -0.4 is 20.1 Å². The number of rotatable bonds is 26. The predicted molar refractivity (Wildman–Crippen MR) is 293 cm³/mol. The third kappa shape index (κ3) is 15.2. The van der Waals surface area contributed by atoms with Crippen LogP contribution in [0.1, 0.15) is 117 Å². The van der Waals surface area contributed by atoms with E-state index in [0.29, 0.717) is 58.3 Å². The van der Waals surface area contributed by atoms with Crippen molar-refractivity contribution in [1.82, 2.24) is 40.4 Å². The summed E-state index contributed by atoms with van der Waals surface area (Å²) in [5, 5.41) is 6.03. The zero-order chi connectivity index (χ0) is 53.9. The Morgan fingerprint density at radius 3 is 1.49 bits per heavy atom. The molecule has 6 aromatic rings. The first-order valence-electron chi connectivity index (χ1n) is 27.0. The number of carbonyl (C=O) groups excluding carboxylic acids is 4. The van der Waals surface area contributed by atoms with E-state index in [4.69, 9.17) is 9.47 Å². The molecule has 4 N–H and O–H groups in total. The van der Waals surface area contributed by atoms with Crippen molar-refractivity contribution >= 4 is 23.6 Å². The van der Waals surface area contributed by atoms with E-state index in [1.807, 2.05) is 70.5 Å². The van der Waals surface area contributed by atoms with Gasteiger partial charge in [-0.2, -0.15) is 0 Å². The third-order valence-corrected chi connectivity index (χ3v) is 15.1. The van der Waals surface area contributed by atoms with Crippen LogP contribution in [0.2, 0.25) is 0 Å². The summed E-state index contributed by atoms with van der Waals surface area (Å²) in [7, 11) is 3.24. The number of H-pyrrole nitrogens is 2. The van der Waals surface area contributed by atoms with Crippen LogP contribution in [0.3, 0.4) is 0 Å². The van der Waals surface area contributed by atoms with Crippen molar-refractivity contribution in [3.05, 3.63) is 167 Å². The van der Waals surface area contributed by atoms with Crippen molar-refractivity contribution in [1.29, 1.82) is 0 Å². The quantitative estimate of drug-likeness (QED) is 0.0389. The number of unbranched alkanes of at least 4 members (excludes halogenated alkanes) is 4. The first kappa shape index (κ1) is 56.4. The van der Waals surface area contributed by atoms with Gasteiger partial charge >= 0.3 is 0 Å². The van der Waals surface area contributed by atoms with Crippen molar-refractivity contribution in [2.45, 2.75) is 134 Å². The van der Waals surface area contributed by atoms with Gasteiger partial charge in [-0.25, -0.2) is 14.4 Å². The highest BCUT2D eigenvalue weighted by molar-refractivity contribution is 5.89. The van der Waals surface area contributed by atoms with Crippen molar-refractivity contribution in [2.24, 2.45) is 0 Å². The molecule has 0 aliphatic carbocycles. The van der Waals surface area contributed by atoms with Crippen molar-refractivity contribution < 1.29 is 33.0 Å². The summed E-state index contributed by atoms with van der Waals surface area (Å²) in [5.74, 6) is 0.804. The minimum Gasteiger partial charge on any atom is -0.497 e. The Bertz CT molecular complexity index is 2740. The maximum atomic E-state index is 13.8. The number of imidazole rings is 2. The molecule has 0 unspecified atom stereocenters. The van der Waals surface area contributed by atoms with Crippen molar-refractivity contribution in [3.63, 3.8) is 0 Å². The van der Waals surface area contributed by atoms with Crippen LogP contribution in [-0.4, -0.2) is 106 Å². The summed E-state index contributed by atoms with van der Waals surface area (Å²) in [5.41, 5.74) is 7.16. The number of hydrogen-bond donors (Lipinski definition) is 4. The second-order valence-electron chi connectivity index (χ2n) is 20.7. The summed E-state index contributed by atoms with van der Waals surface area (Å²) in [6, 6.07) is 29.1. The summed E-state index contributed by atoms with van der Waals surface area (Å²) in [6.07, 6.45) is 17.8. The number of methoxy groups -OCH3 is 2. The number of ether oxygens (including phenoxy) is 2. The fraction of sp³-hybridized carbons (Fsp3) is 0.443. The molecule has 0 spiro atoms. The second-order valence-corrected chi connectivity index (χ2v) is 20.7. The Balaban J connectivity index is 0.000000221. The molecule has 2 atom stereocenters. The zero-order valence-corrected chi connectivity index (χ0v) is 45.0. The first-order valence-corrected chi connectivity index (χ1v) is 27.0. The fourth-order valence-corrected chi connectivity index (χ4v) is 10.7. The monoisotopic (exact) mass is 1040 g/mol. The highest BCUT2D eigenvalue weighted by atomic mass is 19.1. The lowest BCUT2D eigenvalue weighted by molar-refractivity contribution is -0.144. The van der Waals surface area contributed by atoms with Gasteiger partial charge in [-0.3, -0.25) is 19.2 Å². The minimum absolute atomic E-state index is 0.0181. The molecule has 4 heterocycles. The minimum atomic E-state index is -0.681. The molecule has 404 valence electrons. The Labute approximate surface area is 448 Å². The average molecular weight is 1040 g/mol. The van der Waals surface area contributed by atoms with Crippen LogP contribution in [0.15, 0.2) is 122 Å². The lowest BCUT2D eigenvalue weighted by atomic mass is 9.68. The molecule has 0 radical (unpaired) electrons. The van der Waals surface area contributed by atoms with E-state index in [1.54, 1.807) is 39.3 Å². The lowest BCUT2D eigenvalue weighted by Gasteiger charge is -2.52. The van der Waals surface area contributed by atoms with Gasteiger partial charge in [-0.15, -0.1) is 0 Å². The van der Waals surface area contributed by atoms with E-state index >= 15 is 0 Å². The van der Waals surface area contributed by atoms with E-state index in [-0.39, 0.29) is 46.7 Å². The molecule has 4 aromatic carbocycles. The van der Waals surface area contributed by atoms with Crippen molar-refractivity contribution in [2.75, 3.05) is 40.4 Å². The topological polar surface area (TPSA) is 175 Å². The number of hydrogen-bond acceptors (Lipinski definition) is 8. The number of nitrogens with one attached hydrogen (secondary N) is 4. The summed E-state index contributed by atoms with van der Waals surface area (Å²) >= 11 is 0. The van der Waals surface area contributed by atoms with Gasteiger partial charge in [0, 0.05) is 86.5 Å². The molecule has 2 aliphatic rings. The maximum Gasteiger partial charge on any atom is 0.245 e. The van der Waals surface area contributed by atoms with E-state index in [0.717, 1.165) is 78.1 Å². The molecule has 15 heteroatoms. The Kier molecular flexibility index (Phi) is 20.4. The van der Waals surface area contributed by atoms with Crippen LogP contribution in [0.4, 0.5) is 4.39 Å². The molecule has 8 rings (SSSR count). The molecule has 2 fully saturated rings. The summed E-state index contributed by atoms with van der Waals surface area (Å²) in [6.45, 7) is 9.03. The van der Waals surface area contributed by atoms with Gasteiger partial charge < -0.3 is 39.9 Å². The molecule has 2 aromatic heterocycles. The van der Waals surface area contributed by atoms with Crippen molar-refractivity contribution in [3.8, 4) is 11.5 Å². The lowest BCUT2D eigenvalue weighted by Crippen LogP contribution is -2.65. The second kappa shape index (κ2) is 27.5. The zero-order valence-electron chi connectivity index (χ0n) is 45.0. The largest absolute Gasteiger partial charge is 0.497 e. The van der Waals surface area contributed by atoms with Crippen LogP contribution in [0, 0.1) is 12.7 Å². The number of likely N-dealkylation sites (tertiary alicyclic amines) is 2. The van der Waals surface area contributed by atoms with Gasteiger partial charge in [0.2, 0.25) is 23.6 Å². The molecule has 2 aliphatic heterocycles. The van der Waals surface area contributed by atoms with Gasteiger partial charge in [0.1, 0.15) is 29.4 Å². The van der Waals surface area contributed by atoms with E-state index in [1.165, 1.54) is 36.1 Å². The molecule has 4 amide bonds. The SMILES string of the molecule is CCCCCC1(c2ccc(F)cc2)CN(C(=O)[C@@H](Cc2ccc(OC)cc2)NC(=O)CCc2cnc[nH]2)C1.CCCCCC1(c2ccccc2C)CN(C(=O)[C@@H](Cc2ccc(OC)cc2)NC(=O)CCc2cnc[nH]2)C1. The third-order valence-electron chi connectivity index (χ3n) is 15.1. The van der Waals surface area contributed by atoms with Crippen LogP contribution in [-0.2, 0) is 55.7 Å². The van der Waals surface area contributed by atoms with E-state index in [9.17, 15) is 23.6 Å². The molecular weight excluding hydrogens is 960 g/mol. The van der Waals surface area contributed by atoms with Crippen LogP contribution in [0.5, 0.6) is 11.5 Å². The molecule has 14 nitrogen and oxygen atoms in total. The number of nitrogens with zero attached hydrogens (tertiary/aromatic N) is 4. The van der Waals surface area contributed by atoms with Gasteiger partial charge in [-0.05, 0) is 96.8 Å². The van der Waals surface area contributed by atoms with Gasteiger partial charge in [0.05, 0.1) is 26.9 Å². The molecule has 2 saturated heterocycles. The number of halogens is 1. The maximum absolute atomic E-state index is 13.8. The normalized spacial score (nSPS) is 15.0. The number of aryl methyl sites for hydroxylation is 3. The molecule has 0 bridgehead atoms. The summed E-state index contributed by atoms with van der Waals surface area (Å²) in [4.78, 5) is 71.1. The summed E-state index contributed by atoms with van der Waals surface area (Å²) < 4.78 is 24.2. The number of amides is 4. The standard InChI is InChI=1S/C31H40N4O3.C30H37FN4O3/c1-4-5-8-17-31(27-10-7-6-9-23(27)2)20-35(21-31)30(37)28(18-24-11-14-26(38-3)15-12-24)34-29(36)16-13-25-19-32-22-33-25;1-3-4-5-16-30(23-8-10-24(31)11-9-23)19-35(20-30)29(37)27(17-22-6-13-26(38-2)14-7-22)34-28(36)15-12-25-18-32-21-33-25/h6-7,9-12,14-15,19,22,28H,4-5,8,13,16-18,20-21H2,1-3H3,(H,32,33)(H,34,36);6-11,13-14,18,21,27H,3-5,12,15-17,19-20H2,1-2H3,(H,32,33)(H,34,36)/t28-;27-/m11/s1. The first-order chi connectivity index (χ1) is 36.9. The number of carbonyl (C=O) groups is 4. The highest BCUT2D eigenvalue weighted by Crippen LogP contribution is 2.42.